The van der Waals surface area contributed by atoms with Crippen LogP contribution in [0.5, 0.6) is 5.75 Å². The van der Waals surface area contributed by atoms with Crippen molar-refractivity contribution in [1.82, 2.24) is 0 Å². The van der Waals surface area contributed by atoms with E-state index in [4.69, 9.17) is 16.3 Å². The molecule has 0 aliphatic carbocycles. The zero-order chi connectivity index (χ0) is 23.7. The van der Waals surface area contributed by atoms with Gasteiger partial charge in [0.2, 0.25) is 0 Å². The average molecular weight is 466 g/mol. The Morgan fingerprint density at radius 3 is 2.36 bits per heavy atom. The topological polar surface area (TPSA) is 66.8 Å². The summed E-state index contributed by atoms with van der Waals surface area (Å²) in [5.41, 5.74) is 0.495. The van der Waals surface area contributed by atoms with Gasteiger partial charge in [0.05, 0.1) is 17.7 Å². The van der Waals surface area contributed by atoms with Crippen LogP contribution in [-0.2, 0) is 9.59 Å². The van der Waals surface area contributed by atoms with Gasteiger partial charge in [0, 0.05) is 21.8 Å². The summed E-state index contributed by atoms with van der Waals surface area (Å²) in [5, 5.41) is 11.5. The van der Waals surface area contributed by atoms with Gasteiger partial charge in [-0.3, -0.25) is 14.5 Å². The smallest absolute Gasteiger partial charge is 0.300 e. The third kappa shape index (κ3) is 4.34. The van der Waals surface area contributed by atoms with Crippen LogP contribution >= 0.6 is 11.6 Å². The van der Waals surface area contributed by atoms with E-state index in [1.807, 2.05) is 13.8 Å². The molecule has 0 aromatic heterocycles. The van der Waals surface area contributed by atoms with Crippen LogP contribution in [0.25, 0.3) is 5.76 Å². The quantitative estimate of drug-likeness (QED) is 0.290. The van der Waals surface area contributed by atoms with Crippen LogP contribution in [0.15, 0.2) is 78.4 Å². The maximum Gasteiger partial charge on any atom is 0.300 e. The number of hydrogen-bond donors (Lipinski definition) is 1. The normalized spacial score (nSPS) is 17.6. The molecule has 1 atom stereocenters. The van der Waals surface area contributed by atoms with E-state index in [1.165, 1.54) is 24.3 Å². The van der Waals surface area contributed by atoms with E-state index in [2.05, 4.69) is 0 Å². The molecule has 4 rings (SSSR count). The molecule has 0 radical (unpaired) electrons. The van der Waals surface area contributed by atoms with E-state index in [1.54, 1.807) is 48.5 Å². The fourth-order valence-corrected chi connectivity index (χ4v) is 4.02. The molecule has 0 saturated carbocycles. The van der Waals surface area contributed by atoms with Gasteiger partial charge in [-0.2, -0.15) is 0 Å². The van der Waals surface area contributed by atoms with Crippen LogP contribution in [0, 0.1) is 5.82 Å². The summed E-state index contributed by atoms with van der Waals surface area (Å²) in [5.74, 6) is -2.22. The van der Waals surface area contributed by atoms with Crippen molar-refractivity contribution < 1.29 is 23.8 Å². The highest BCUT2D eigenvalue weighted by Gasteiger charge is 2.47. The SMILES string of the molecule is CC(C)Oc1ccc(/C(O)=C2\C(=O)C(=O)N(c3cccc(Cl)c3)C2c2ccccc2F)cc1. The van der Waals surface area contributed by atoms with E-state index >= 15 is 0 Å². The third-order valence-electron chi connectivity index (χ3n) is 5.23. The number of benzene rings is 3. The Morgan fingerprint density at radius 2 is 1.73 bits per heavy atom. The molecule has 1 aliphatic rings. The predicted octanol–water partition coefficient (Wildman–Crippen LogP) is 5.89. The van der Waals surface area contributed by atoms with Crippen LogP contribution in [0.1, 0.15) is 31.0 Å². The maximum absolute atomic E-state index is 14.9. The van der Waals surface area contributed by atoms with Gasteiger partial charge in [-0.1, -0.05) is 35.9 Å². The molecular formula is C26H21ClFNO4. The summed E-state index contributed by atoms with van der Waals surface area (Å²) < 4.78 is 20.5. The summed E-state index contributed by atoms with van der Waals surface area (Å²) in [6.07, 6.45) is -0.0338. The third-order valence-corrected chi connectivity index (χ3v) is 5.47. The van der Waals surface area contributed by atoms with Gasteiger partial charge in [-0.25, -0.2) is 4.39 Å². The molecule has 3 aromatic rings. The Hall–Kier alpha value is -3.64. The molecule has 1 amide bonds. The summed E-state index contributed by atoms with van der Waals surface area (Å²) in [7, 11) is 0. The van der Waals surface area contributed by atoms with Crippen molar-refractivity contribution in [2.75, 3.05) is 4.90 Å². The number of hydrogen-bond acceptors (Lipinski definition) is 4. The van der Waals surface area contributed by atoms with Crippen molar-refractivity contribution >= 4 is 34.7 Å². The average Bonchev–Trinajstić information content (AvgIpc) is 3.04. The fourth-order valence-electron chi connectivity index (χ4n) is 3.83. The van der Waals surface area contributed by atoms with Gasteiger partial charge < -0.3 is 9.84 Å². The molecule has 0 bridgehead atoms. The lowest BCUT2D eigenvalue weighted by atomic mass is 9.94. The summed E-state index contributed by atoms with van der Waals surface area (Å²) >= 11 is 6.11. The summed E-state index contributed by atoms with van der Waals surface area (Å²) in [4.78, 5) is 27.3. The van der Waals surface area contributed by atoms with Crippen molar-refractivity contribution in [3.05, 3.63) is 100 Å². The Balaban J connectivity index is 1.89. The Labute approximate surface area is 195 Å². The molecule has 1 aliphatic heterocycles. The number of anilines is 1. The Morgan fingerprint density at radius 1 is 1.03 bits per heavy atom. The number of ketones is 1. The van der Waals surface area contributed by atoms with E-state index in [0.29, 0.717) is 22.0 Å². The van der Waals surface area contributed by atoms with Crippen LogP contribution in [-0.4, -0.2) is 22.9 Å². The van der Waals surface area contributed by atoms with Gasteiger partial charge in [-0.05, 0) is 62.4 Å². The van der Waals surface area contributed by atoms with Gasteiger partial charge >= 0.3 is 0 Å². The lowest BCUT2D eigenvalue weighted by Crippen LogP contribution is -2.29. The predicted molar refractivity (Wildman–Crippen MR) is 125 cm³/mol. The number of aliphatic hydroxyl groups is 1. The van der Waals surface area contributed by atoms with Gasteiger partial charge in [0.25, 0.3) is 11.7 Å². The standard InChI is InChI=1S/C26H21ClFNO4/c1-15(2)33-19-12-10-16(11-13-19)24(30)22-23(20-8-3-4-9-21(20)28)29(26(32)25(22)31)18-7-5-6-17(27)14-18/h3-15,23,30H,1-2H3/b24-22+. The minimum Gasteiger partial charge on any atom is -0.507 e. The highest BCUT2D eigenvalue weighted by Crippen LogP contribution is 2.43. The number of halogens is 2. The largest absolute Gasteiger partial charge is 0.507 e. The number of ether oxygens (including phenoxy) is 1. The van der Waals surface area contributed by atoms with Crippen molar-refractivity contribution in [1.29, 1.82) is 0 Å². The van der Waals surface area contributed by atoms with Gasteiger partial charge in [-0.15, -0.1) is 0 Å². The Kier molecular flexibility index (Phi) is 6.20. The number of carbonyl (C=O) groups excluding carboxylic acids is 2. The molecule has 1 saturated heterocycles. The first-order valence-corrected chi connectivity index (χ1v) is 10.7. The molecule has 0 spiro atoms. The van der Waals surface area contributed by atoms with Crippen LogP contribution in [0.4, 0.5) is 10.1 Å². The molecule has 168 valence electrons. The van der Waals surface area contributed by atoms with Gasteiger partial charge in [0.1, 0.15) is 17.3 Å². The molecular weight excluding hydrogens is 445 g/mol. The van der Waals surface area contributed by atoms with E-state index < -0.39 is 29.3 Å². The van der Waals surface area contributed by atoms with E-state index in [0.717, 1.165) is 4.90 Å². The van der Waals surface area contributed by atoms with E-state index in [-0.39, 0.29) is 17.2 Å². The molecule has 1 N–H and O–H groups in total. The lowest BCUT2D eigenvalue weighted by molar-refractivity contribution is -0.132. The van der Waals surface area contributed by atoms with E-state index in [9.17, 15) is 19.1 Å². The van der Waals surface area contributed by atoms with Crippen molar-refractivity contribution in [3.63, 3.8) is 0 Å². The minimum absolute atomic E-state index is 0.0338. The second kappa shape index (κ2) is 9.08. The zero-order valence-corrected chi connectivity index (χ0v) is 18.7. The van der Waals surface area contributed by atoms with Crippen LogP contribution < -0.4 is 9.64 Å². The number of carbonyl (C=O) groups is 2. The highest BCUT2D eigenvalue weighted by molar-refractivity contribution is 6.51. The molecule has 33 heavy (non-hydrogen) atoms. The second-order valence-corrected chi connectivity index (χ2v) is 8.30. The van der Waals surface area contributed by atoms with Crippen LogP contribution in [0.3, 0.4) is 0 Å². The van der Waals surface area contributed by atoms with Crippen molar-refractivity contribution in [2.45, 2.75) is 26.0 Å². The van der Waals surface area contributed by atoms with Gasteiger partial charge in [0.15, 0.2) is 0 Å². The second-order valence-electron chi connectivity index (χ2n) is 7.86. The lowest BCUT2D eigenvalue weighted by Gasteiger charge is -2.25. The zero-order valence-electron chi connectivity index (χ0n) is 18.0. The summed E-state index contributed by atoms with van der Waals surface area (Å²) in [6.45, 7) is 3.78. The van der Waals surface area contributed by atoms with Crippen LogP contribution in [0.2, 0.25) is 5.02 Å². The van der Waals surface area contributed by atoms with Crippen molar-refractivity contribution in [3.8, 4) is 5.75 Å². The fraction of sp³-hybridized carbons (Fsp3) is 0.154. The number of Topliss-reactive ketones (excluding diaryl/α,β-unsaturated/α-hetero) is 1. The first-order valence-electron chi connectivity index (χ1n) is 10.4. The molecule has 3 aromatic carbocycles. The molecule has 7 heteroatoms. The molecule has 5 nitrogen and oxygen atoms in total. The molecule has 1 heterocycles. The monoisotopic (exact) mass is 465 g/mol. The first kappa shape index (κ1) is 22.6. The van der Waals surface area contributed by atoms with Crippen molar-refractivity contribution in [2.24, 2.45) is 0 Å². The molecule has 1 fully saturated rings. The number of rotatable bonds is 5. The summed E-state index contributed by atoms with van der Waals surface area (Å²) in [6, 6.07) is 17.5. The Bertz CT molecular complexity index is 1250. The highest BCUT2D eigenvalue weighted by atomic mass is 35.5. The number of amides is 1. The first-order chi connectivity index (χ1) is 15.8. The number of aliphatic hydroxyl groups excluding tert-OH is 1. The molecule has 1 unspecified atom stereocenters. The number of nitrogens with zero attached hydrogens (tertiary/aromatic N) is 1. The minimum atomic E-state index is -1.17. The maximum atomic E-state index is 14.9.